The minimum absolute atomic E-state index is 0.502. The van der Waals surface area contributed by atoms with Gasteiger partial charge in [0.05, 0.1) is 25.1 Å². The van der Waals surface area contributed by atoms with Crippen LogP contribution >= 0.6 is 0 Å². The van der Waals surface area contributed by atoms with Gasteiger partial charge in [0.15, 0.2) is 0 Å². The quantitative estimate of drug-likeness (QED) is 0.808. The van der Waals surface area contributed by atoms with E-state index >= 15 is 0 Å². The zero-order valence-corrected chi connectivity index (χ0v) is 13.7. The van der Waals surface area contributed by atoms with E-state index in [4.69, 9.17) is 9.47 Å². The van der Waals surface area contributed by atoms with E-state index in [1.54, 1.807) is 12.4 Å². The summed E-state index contributed by atoms with van der Waals surface area (Å²) in [6.07, 6.45) is 7.92. The molecule has 3 unspecified atom stereocenters. The number of rotatable bonds is 8. The molecule has 0 aromatic carbocycles. The smallest absolute Gasteiger partial charge is 0.137 e. The maximum absolute atomic E-state index is 5.84. The van der Waals surface area contributed by atoms with E-state index in [-0.39, 0.29) is 0 Å². The SMILES string of the molecule is c1ccc(COCC2CC2c2cncc(OCC3CCN3)c2)nc1. The van der Waals surface area contributed by atoms with Gasteiger partial charge in [-0.1, -0.05) is 6.07 Å². The lowest BCUT2D eigenvalue weighted by Gasteiger charge is -2.27. The molecule has 1 N–H and O–H groups in total. The number of hydrogen-bond acceptors (Lipinski definition) is 5. The van der Waals surface area contributed by atoms with Crippen LogP contribution in [0.5, 0.6) is 5.75 Å². The van der Waals surface area contributed by atoms with Gasteiger partial charge in [0.2, 0.25) is 0 Å². The van der Waals surface area contributed by atoms with Crippen molar-refractivity contribution < 1.29 is 9.47 Å². The van der Waals surface area contributed by atoms with Gasteiger partial charge < -0.3 is 14.8 Å². The molecule has 2 aliphatic rings. The number of ether oxygens (including phenoxy) is 2. The van der Waals surface area contributed by atoms with E-state index in [9.17, 15) is 0 Å². The van der Waals surface area contributed by atoms with Gasteiger partial charge >= 0.3 is 0 Å². The van der Waals surface area contributed by atoms with Crippen molar-refractivity contribution in [3.63, 3.8) is 0 Å². The van der Waals surface area contributed by atoms with Crippen LogP contribution in [0.25, 0.3) is 0 Å². The molecular formula is C19H23N3O2. The molecule has 1 aliphatic carbocycles. The average molecular weight is 325 g/mol. The summed E-state index contributed by atoms with van der Waals surface area (Å²) < 4.78 is 11.6. The van der Waals surface area contributed by atoms with Crippen molar-refractivity contribution in [3.8, 4) is 5.75 Å². The number of nitrogens with zero attached hydrogens (tertiary/aromatic N) is 2. The summed E-state index contributed by atoms with van der Waals surface area (Å²) >= 11 is 0. The van der Waals surface area contributed by atoms with Gasteiger partial charge in [0.1, 0.15) is 12.4 Å². The van der Waals surface area contributed by atoms with E-state index in [1.807, 2.05) is 24.4 Å². The van der Waals surface area contributed by atoms with E-state index in [0.29, 0.717) is 24.5 Å². The third-order valence-electron chi connectivity index (χ3n) is 4.77. The lowest BCUT2D eigenvalue weighted by atomic mass is 10.1. The molecule has 1 saturated carbocycles. The highest BCUT2D eigenvalue weighted by molar-refractivity contribution is 5.30. The zero-order valence-electron chi connectivity index (χ0n) is 13.7. The van der Waals surface area contributed by atoms with Crippen molar-refractivity contribution in [3.05, 3.63) is 54.1 Å². The Kier molecular flexibility index (Phi) is 4.71. The highest BCUT2D eigenvalue weighted by atomic mass is 16.5. The van der Waals surface area contributed by atoms with E-state index in [1.165, 1.54) is 12.0 Å². The lowest BCUT2D eigenvalue weighted by Crippen LogP contribution is -2.46. The molecule has 5 nitrogen and oxygen atoms in total. The van der Waals surface area contributed by atoms with Gasteiger partial charge in [0, 0.05) is 18.4 Å². The summed E-state index contributed by atoms with van der Waals surface area (Å²) in [6, 6.07) is 8.54. The maximum atomic E-state index is 5.84. The molecule has 3 atom stereocenters. The first-order chi connectivity index (χ1) is 11.9. The Hall–Kier alpha value is -1.98. The zero-order chi connectivity index (χ0) is 16.2. The number of aromatic nitrogens is 2. The van der Waals surface area contributed by atoms with E-state index in [2.05, 4.69) is 21.4 Å². The van der Waals surface area contributed by atoms with Crippen LogP contribution in [0.15, 0.2) is 42.9 Å². The third kappa shape index (κ3) is 3.91. The van der Waals surface area contributed by atoms with Crippen molar-refractivity contribution >= 4 is 0 Å². The van der Waals surface area contributed by atoms with Gasteiger partial charge in [-0.2, -0.15) is 0 Å². The Morgan fingerprint density at radius 1 is 1.21 bits per heavy atom. The number of nitrogens with one attached hydrogen (secondary N) is 1. The minimum atomic E-state index is 0.502. The van der Waals surface area contributed by atoms with Gasteiger partial charge in [-0.25, -0.2) is 0 Å². The van der Waals surface area contributed by atoms with Crippen LogP contribution in [-0.4, -0.2) is 35.8 Å². The second kappa shape index (κ2) is 7.28. The van der Waals surface area contributed by atoms with Gasteiger partial charge in [-0.3, -0.25) is 9.97 Å². The van der Waals surface area contributed by atoms with Gasteiger partial charge in [-0.15, -0.1) is 0 Å². The summed E-state index contributed by atoms with van der Waals surface area (Å²) in [7, 11) is 0. The van der Waals surface area contributed by atoms with Crippen LogP contribution in [0.2, 0.25) is 0 Å². The first-order valence-corrected chi connectivity index (χ1v) is 8.67. The fourth-order valence-electron chi connectivity index (χ4n) is 3.04. The molecule has 2 aromatic rings. The number of hydrogen-bond donors (Lipinski definition) is 1. The van der Waals surface area contributed by atoms with Crippen molar-refractivity contribution in [2.75, 3.05) is 19.8 Å². The van der Waals surface area contributed by atoms with Crippen molar-refractivity contribution in [2.24, 2.45) is 5.92 Å². The average Bonchev–Trinajstić information content (AvgIpc) is 3.34. The molecule has 0 spiro atoms. The second-order valence-corrected chi connectivity index (χ2v) is 6.64. The van der Waals surface area contributed by atoms with Gasteiger partial charge in [-0.05, 0) is 55.0 Å². The molecule has 5 heteroatoms. The molecule has 4 rings (SSSR count). The van der Waals surface area contributed by atoms with Crippen LogP contribution in [0, 0.1) is 5.92 Å². The Morgan fingerprint density at radius 2 is 2.17 bits per heavy atom. The van der Waals surface area contributed by atoms with Crippen LogP contribution in [0.1, 0.15) is 30.0 Å². The van der Waals surface area contributed by atoms with Crippen LogP contribution in [0.3, 0.4) is 0 Å². The molecule has 0 amide bonds. The Balaban J connectivity index is 1.23. The molecular weight excluding hydrogens is 302 g/mol. The van der Waals surface area contributed by atoms with Crippen molar-refractivity contribution in [1.82, 2.24) is 15.3 Å². The van der Waals surface area contributed by atoms with Crippen molar-refractivity contribution in [1.29, 1.82) is 0 Å². The molecule has 1 aliphatic heterocycles. The fraction of sp³-hybridized carbons (Fsp3) is 0.474. The van der Waals surface area contributed by atoms with E-state index < -0.39 is 0 Å². The molecule has 2 fully saturated rings. The van der Waals surface area contributed by atoms with Gasteiger partial charge in [0.25, 0.3) is 0 Å². The number of pyridine rings is 2. The van der Waals surface area contributed by atoms with E-state index in [0.717, 1.165) is 37.6 Å². The first-order valence-electron chi connectivity index (χ1n) is 8.67. The minimum Gasteiger partial charge on any atom is -0.490 e. The standard InChI is InChI=1S/C19H23N3O2/c1-2-5-21-16(3-1)12-23-11-15-8-19(15)14-7-18(10-20-9-14)24-13-17-4-6-22-17/h1-3,5,7,9-10,15,17,19,22H,4,6,8,11-13H2. The monoisotopic (exact) mass is 325 g/mol. The predicted octanol–water partition coefficient (Wildman–Crippen LogP) is 2.54. The first kappa shape index (κ1) is 15.5. The highest BCUT2D eigenvalue weighted by Gasteiger charge is 2.38. The predicted molar refractivity (Wildman–Crippen MR) is 90.9 cm³/mol. The highest BCUT2D eigenvalue weighted by Crippen LogP contribution is 2.47. The molecule has 2 aromatic heterocycles. The second-order valence-electron chi connectivity index (χ2n) is 6.64. The molecule has 0 radical (unpaired) electrons. The molecule has 3 heterocycles. The molecule has 24 heavy (non-hydrogen) atoms. The molecule has 0 bridgehead atoms. The topological polar surface area (TPSA) is 56.3 Å². The summed E-state index contributed by atoms with van der Waals surface area (Å²) in [5.74, 6) is 2.01. The normalized spacial score (nSPS) is 25.1. The Labute approximate surface area is 142 Å². The van der Waals surface area contributed by atoms with Crippen LogP contribution in [0.4, 0.5) is 0 Å². The third-order valence-corrected chi connectivity index (χ3v) is 4.77. The van der Waals surface area contributed by atoms with Crippen LogP contribution < -0.4 is 10.1 Å². The van der Waals surface area contributed by atoms with Crippen molar-refractivity contribution in [2.45, 2.75) is 31.4 Å². The summed E-state index contributed by atoms with van der Waals surface area (Å²) in [4.78, 5) is 8.61. The summed E-state index contributed by atoms with van der Waals surface area (Å²) in [5.41, 5.74) is 2.25. The Bertz CT molecular complexity index is 661. The summed E-state index contributed by atoms with van der Waals surface area (Å²) in [6.45, 7) is 3.19. The molecule has 126 valence electrons. The fourth-order valence-corrected chi connectivity index (χ4v) is 3.04. The van der Waals surface area contributed by atoms with Crippen LogP contribution in [-0.2, 0) is 11.3 Å². The molecule has 1 saturated heterocycles. The lowest BCUT2D eigenvalue weighted by molar-refractivity contribution is 0.107. The Morgan fingerprint density at radius 3 is 2.96 bits per heavy atom. The largest absolute Gasteiger partial charge is 0.490 e. The maximum Gasteiger partial charge on any atom is 0.137 e. The summed E-state index contributed by atoms with van der Waals surface area (Å²) in [5, 5.41) is 3.34.